The number of halogens is 2. The molecule has 0 radical (unpaired) electrons. The zero-order valence-electron chi connectivity index (χ0n) is 18.2. The van der Waals surface area contributed by atoms with E-state index < -0.39 is 28.3 Å². The van der Waals surface area contributed by atoms with Crippen molar-refractivity contribution >= 4 is 40.0 Å². The van der Waals surface area contributed by atoms with Crippen LogP contribution in [0.4, 0.5) is 10.1 Å². The lowest BCUT2D eigenvalue weighted by atomic mass is 10.0. The summed E-state index contributed by atoms with van der Waals surface area (Å²) in [5.41, 5.74) is 1.16. The standard InChI is InChI=1S/C23H26ClFN2O4S/c1-4-31-22(28)14-32(30)21-9-8-17(12-20(21)25)23(29)27-11-10-26(15(2)16(27)3)19-7-5-6-18(24)13-19/h5-9,12-13,15-16H,4,10-11,14H2,1-3H3. The smallest absolute Gasteiger partial charge is 0.318 e. The first-order valence-corrected chi connectivity index (χ1v) is 12.1. The summed E-state index contributed by atoms with van der Waals surface area (Å²) in [7, 11) is -1.89. The summed E-state index contributed by atoms with van der Waals surface area (Å²) in [6.45, 7) is 6.87. The number of nitrogens with zero attached hydrogens (tertiary/aromatic N) is 2. The molecule has 1 amide bonds. The van der Waals surface area contributed by atoms with Gasteiger partial charge in [0.05, 0.1) is 22.3 Å². The lowest BCUT2D eigenvalue weighted by Gasteiger charge is -2.46. The molecule has 9 heteroatoms. The lowest BCUT2D eigenvalue weighted by Crippen LogP contribution is -2.59. The number of ether oxygens (including phenoxy) is 1. The van der Waals surface area contributed by atoms with E-state index in [1.807, 2.05) is 38.1 Å². The number of hydrogen-bond acceptors (Lipinski definition) is 5. The van der Waals surface area contributed by atoms with Gasteiger partial charge in [0, 0.05) is 41.4 Å². The monoisotopic (exact) mass is 480 g/mol. The maximum absolute atomic E-state index is 14.6. The van der Waals surface area contributed by atoms with Crippen molar-refractivity contribution in [2.75, 3.05) is 30.3 Å². The third kappa shape index (κ3) is 5.30. The molecule has 0 saturated carbocycles. The molecule has 3 atom stereocenters. The molecule has 1 saturated heterocycles. The van der Waals surface area contributed by atoms with Crippen LogP contribution in [0.5, 0.6) is 0 Å². The number of rotatable bonds is 6. The van der Waals surface area contributed by atoms with Gasteiger partial charge in [-0.2, -0.15) is 0 Å². The van der Waals surface area contributed by atoms with Gasteiger partial charge in [-0.25, -0.2) is 4.39 Å². The van der Waals surface area contributed by atoms with Gasteiger partial charge >= 0.3 is 5.97 Å². The molecule has 1 aliphatic heterocycles. The van der Waals surface area contributed by atoms with Gasteiger partial charge < -0.3 is 14.5 Å². The average Bonchev–Trinajstić information content (AvgIpc) is 2.75. The molecule has 3 rings (SSSR count). The number of esters is 1. The Kier molecular flexibility index (Phi) is 7.90. The van der Waals surface area contributed by atoms with Crippen LogP contribution in [-0.4, -0.2) is 58.5 Å². The molecule has 0 spiro atoms. The summed E-state index contributed by atoms with van der Waals surface area (Å²) in [5, 5.41) is 0.650. The van der Waals surface area contributed by atoms with E-state index >= 15 is 0 Å². The molecular weight excluding hydrogens is 455 g/mol. The maximum atomic E-state index is 14.6. The van der Waals surface area contributed by atoms with E-state index in [-0.39, 0.29) is 35.1 Å². The summed E-state index contributed by atoms with van der Waals surface area (Å²) in [5.74, 6) is -2.17. The van der Waals surface area contributed by atoms with Crippen LogP contribution in [0.1, 0.15) is 31.1 Å². The Morgan fingerprint density at radius 1 is 1.16 bits per heavy atom. The molecule has 1 fully saturated rings. The minimum absolute atomic E-state index is 0.0207. The van der Waals surface area contributed by atoms with E-state index in [0.717, 1.165) is 11.8 Å². The van der Waals surface area contributed by atoms with E-state index in [9.17, 15) is 18.2 Å². The van der Waals surface area contributed by atoms with E-state index in [2.05, 4.69) is 4.90 Å². The predicted molar refractivity (Wildman–Crippen MR) is 123 cm³/mol. The van der Waals surface area contributed by atoms with E-state index in [0.29, 0.717) is 18.1 Å². The zero-order valence-corrected chi connectivity index (χ0v) is 19.8. The molecule has 2 aromatic rings. The number of anilines is 1. The first-order chi connectivity index (χ1) is 15.2. The largest absolute Gasteiger partial charge is 0.465 e. The second-order valence-electron chi connectivity index (χ2n) is 7.59. The highest BCUT2D eigenvalue weighted by molar-refractivity contribution is 7.85. The van der Waals surface area contributed by atoms with E-state index in [4.69, 9.17) is 16.3 Å². The van der Waals surface area contributed by atoms with Gasteiger partial charge in [0.1, 0.15) is 11.6 Å². The Morgan fingerprint density at radius 2 is 1.91 bits per heavy atom. The predicted octanol–water partition coefficient (Wildman–Crippen LogP) is 3.89. The second-order valence-corrected chi connectivity index (χ2v) is 9.45. The minimum atomic E-state index is -1.89. The van der Waals surface area contributed by atoms with Crippen molar-refractivity contribution < 1.29 is 22.9 Å². The van der Waals surface area contributed by atoms with Gasteiger partial charge in [0.15, 0.2) is 0 Å². The van der Waals surface area contributed by atoms with Gasteiger partial charge in [-0.3, -0.25) is 13.8 Å². The Morgan fingerprint density at radius 3 is 2.56 bits per heavy atom. The van der Waals surface area contributed by atoms with Gasteiger partial charge in [0.2, 0.25) is 0 Å². The van der Waals surface area contributed by atoms with Crippen molar-refractivity contribution in [2.45, 2.75) is 37.8 Å². The molecule has 32 heavy (non-hydrogen) atoms. The molecule has 2 aromatic carbocycles. The summed E-state index contributed by atoms with van der Waals surface area (Å²) in [6, 6.07) is 11.3. The topological polar surface area (TPSA) is 66.9 Å². The summed E-state index contributed by atoms with van der Waals surface area (Å²) >= 11 is 6.13. The number of carbonyl (C=O) groups excluding carboxylic acids is 2. The van der Waals surface area contributed by atoms with Crippen molar-refractivity contribution in [2.24, 2.45) is 0 Å². The summed E-state index contributed by atoms with van der Waals surface area (Å²) < 4.78 is 31.7. The van der Waals surface area contributed by atoms with Gasteiger partial charge in [-0.05, 0) is 57.2 Å². The van der Waals surface area contributed by atoms with Crippen LogP contribution in [-0.2, 0) is 20.3 Å². The number of hydrogen-bond donors (Lipinski definition) is 0. The average molecular weight is 481 g/mol. The molecule has 0 N–H and O–H groups in total. The highest BCUT2D eigenvalue weighted by atomic mass is 35.5. The van der Waals surface area contributed by atoms with Crippen molar-refractivity contribution in [1.29, 1.82) is 0 Å². The summed E-state index contributed by atoms with van der Waals surface area (Å²) in [4.78, 5) is 28.4. The van der Waals surface area contributed by atoms with Crippen molar-refractivity contribution in [3.05, 3.63) is 58.9 Å². The number of piperazine rings is 1. The third-order valence-electron chi connectivity index (χ3n) is 5.64. The van der Waals surface area contributed by atoms with Gasteiger partial charge in [-0.1, -0.05) is 17.7 Å². The van der Waals surface area contributed by atoms with E-state index in [1.165, 1.54) is 12.1 Å². The van der Waals surface area contributed by atoms with Gasteiger partial charge in [0.25, 0.3) is 5.91 Å². The Balaban J connectivity index is 1.73. The van der Waals surface area contributed by atoms with Crippen LogP contribution in [0.2, 0.25) is 5.02 Å². The Labute approximate surface area is 194 Å². The van der Waals surface area contributed by atoms with Crippen molar-refractivity contribution in [3.63, 3.8) is 0 Å². The fourth-order valence-corrected chi connectivity index (χ4v) is 4.95. The normalized spacial score (nSPS) is 19.5. The van der Waals surface area contributed by atoms with Crippen LogP contribution in [0.25, 0.3) is 0 Å². The van der Waals surface area contributed by atoms with Crippen LogP contribution in [0.3, 0.4) is 0 Å². The quantitative estimate of drug-likeness (QED) is 0.587. The minimum Gasteiger partial charge on any atom is -0.465 e. The lowest BCUT2D eigenvalue weighted by molar-refractivity contribution is -0.139. The highest BCUT2D eigenvalue weighted by Gasteiger charge is 2.34. The zero-order chi connectivity index (χ0) is 23.4. The first kappa shape index (κ1) is 24.2. The Hall–Kier alpha value is -2.45. The SMILES string of the molecule is CCOC(=O)CS(=O)c1ccc(C(=O)N2CCN(c3cccc(Cl)c3)C(C)C2C)cc1F. The van der Waals surface area contributed by atoms with Gasteiger partial charge in [-0.15, -0.1) is 0 Å². The molecule has 0 aliphatic carbocycles. The van der Waals surface area contributed by atoms with E-state index in [1.54, 1.807) is 11.8 Å². The second kappa shape index (κ2) is 10.4. The molecule has 1 aliphatic rings. The van der Waals surface area contributed by atoms with Crippen LogP contribution >= 0.6 is 11.6 Å². The maximum Gasteiger partial charge on any atom is 0.318 e. The van der Waals surface area contributed by atoms with Crippen LogP contribution < -0.4 is 4.90 Å². The molecule has 172 valence electrons. The molecule has 0 aromatic heterocycles. The fourth-order valence-electron chi connectivity index (χ4n) is 3.82. The molecule has 1 heterocycles. The molecular formula is C23H26ClFN2O4S. The fraction of sp³-hybridized carbons (Fsp3) is 0.391. The molecule has 0 bridgehead atoms. The number of carbonyl (C=O) groups is 2. The number of benzene rings is 2. The summed E-state index contributed by atoms with van der Waals surface area (Å²) in [6.07, 6.45) is 0. The highest BCUT2D eigenvalue weighted by Crippen LogP contribution is 2.28. The third-order valence-corrected chi connectivity index (χ3v) is 7.20. The van der Waals surface area contributed by atoms with Crippen LogP contribution in [0.15, 0.2) is 47.4 Å². The molecule has 3 unspecified atom stereocenters. The van der Waals surface area contributed by atoms with Crippen molar-refractivity contribution in [1.82, 2.24) is 4.90 Å². The number of amides is 1. The molecule has 6 nitrogen and oxygen atoms in total. The first-order valence-electron chi connectivity index (χ1n) is 10.4. The van der Waals surface area contributed by atoms with Crippen LogP contribution in [0, 0.1) is 5.82 Å². The Bertz CT molecular complexity index is 1030. The van der Waals surface area contributed by atoms with Crippen molar-refractivity contribution in [3.8, 4) is 0 Å².